The van der Waals surface area contributed by atoms with Gasteiger partial charge in [0.15, 0.2) is 0 Å². The maximum Gasteiger partial charge on any atom is 0.225 e. The second-order valence-corrected chi connectivity index (χ2v) is 6.20. The van der Waals surface area contributed by atoms with Crippen molar-refractivity contribution in [3.63, 3.8) is 0 Å². The van der Waals surface area contributed by atoms with E-state index in [-0.39, 0.29) is 42.2 Å². The predicted octanol–water partition coefficient (Wildman–Crippen LogP) is 1.50. The Balaban J connectivity index is 0.00000192. The summed E-state index contributed by atoms with van der Waals surface area (Å²) in [7, 11) is 1.80. The molecule has 0 bridgehead atoms. The number of hydrogen-bond donors (Lipinski definition) is 2. The van der Waals surface area contributed by atoms with E-state index in [2.05, 4.69) is 10.6 Å². The predicted molar refractivity (Wildman–Crippen MR) is 91.3 cm³/mol. The normalized spacial score (nSPS) is 27.4. The number of amides is 2. The summed E-state index contributed by atoms with van der Waals surface area (Å²) in [6.45, 7) is 1.79. The summed E-state index contributed by atoms with van der Waals surface area (Å²) < 4.78 is 0. The monoisotopic (exact) mass is 337 g/mol. The molecule has 2 aliphatic rings. The molecular formula is C17H24ClN3O2. The van der Waals surface area contributed by atoms with E-state index in [1.54, 1.807) is 11.9 Å². The van der Waals surface area contributed by atoms with E-state index in [0.717, 1.165) is 25.1 Å². The zero-order chi connectivity index (χ0) is 15.5. The number of nitrogens with one attached hydrogen (secondary N) is 2. The minimum Gasteiger partial charge on any atom is -0.352 e. The highest BCUT2D eigenvalue weighted by atomic mass is 35.5. The Kier molecular flexibility index (Phi) is 6.02. The fourth-order valence-electron chi connectivity index (χ4n) is 3.50. The maximum absolute atomic E-state index is 12.7. The molecule has 2 saturated heterocycles. The van der Waals surface area contributed by atoms with Crippen LogP contribution in [-0.4, -0.2) is 42.9 Å². The fourth-order valence-corrected chi connectivity index (χ4v) is 3.50. The number of benzene rings is 1. The van der Waals surface area contributed by atoms with Crippen LogP contribution >= 0.6 is 12.4 Å². The van der Waals surface area contributed by atoms with Crippen molar-refractivity contribution in [3.05, 3.63) is 35.9 Å². The number of carbonyl (C=O) groups excluding carboxylic acids is 2. The SMILES string of the molecule is CN1C(=O)CCC(C(=O)NC2CCNC2)C1c1ccccc1.Cl. The quantitative estimate of drug-likeness (QED) is 0.878. The molecule has 0 aromatic heterocycles. The molecule has 2 N–H and O–H groups in total. The van der Waals surface area contributed by atoms with E-state index in [9.17, 15) is 9.59 Å². The molecule has 0 radical (unpaired) electrons. The molecule has 3 unspecified atom stereocenters. The molecule has 1 aromatic rings. The van der Waals surface area contributed by atoms with Gasteiger partial charge >= 0.3 is 0 Å². The van der Waals surface area contributed by atoms with Crippen molar-refractivity contribution in [2.75, 3.05) is 20.1 Å². The van der Waals surface area contributed by atoms with E-state index in [1.165, 1.54) is 0 Å². The Hall–Kier alpha value is -1.59. The number of halogens is 1. The van der Waals surface area contributed by atoms with Crippen LogP contribution in [0.15, 0.2) is 30.3 Å². The molecule has 5 nitrogen and oxygen atoms in total. The molecular weight excluding hydrogens is 314 g/mol. The Morgan fingerprint density at radius 2 is 2.00 bits per heavy atom. The average molecular weight is 338 g/mol. The third-order valence-corrected chi connectivity index (χ3v) is 4.75. The van der Waals surface area contributed by atoms with Gasteiger partial charge in [-0.15, -0.1) is 12.4 Å². The topological polar surface area (TPSA) is 61.4 Å². The third-order valence-electron chi connectivity index (χ3n) is 4.75. The second kappa shape index (κ2) is 7.79. The molecule has 2 heterocycles. The zero-order valence-electron chi connectivity index (χ0n) is 13.3. The first kappa shape index (κ1) is 17.8. The zero-order valence-corrected chi connectivity index (χ0v) is 14.1. The lowest BCUT2D eigenvalue weighted by atomic mass is 9.84. The third kappa shape index (κ3) is 3.85. The van der Waals surface area contributed by atoms with E-state index in [1.807, 2.05) is 30.3 Å². The van der Waals surface area contributed by atoms with Gasteiger partial charge in [0.2, 0.25) is 11.8 Å². The van der Waals surface area contributed by atoms with E-state index in [4.69, 9.17) is 0 Å². The minimum atomic E-state index is -0.175. The van der Waals surface area contributed by atoms with E-state index < -0.39 is 0 Å². The number of carbonyl (C=O) groups is 2. The van der Waals surface area contributed by atoms with Gasteiger partial charge in [-0.1, -0.05) is 30.3 Å². The van der Waals surface area contributed by atoms with Crippen molar-refractivity contribution in [1.29, 1.82) is 0 Å². The molecule has 0 aliphatic carbocycles. The average Bonchev–Trinajstić information content (AvgIpc) is 3.03. The first-order valence-electron chi connectivity index (χ1n) is 7.98. The number of likely N-dealkylation sites (tertiary alicyclic amines) is 1. The van der Waals surface area contributed by atoms with Gasteiger partial charge in [0.05, 0.1) is 12.0 Å². The molecule has 2 fully saturated rings. The number of nitrogens with zero attached hydrogens (tertiary/aromatic N) is 1. The first-order valence-corrected chi connectivity index (χ1v) is 7.98. The van der Waals surface area contributed by atoms with Crippen molar-refractivity contribution in [1.82, 2.24) is 15.5 Å². The smallest absolute Gasteiger partial charge is 0.225 e. The first-order chi connectivity index (χ1) is 10.7. The lowest BCUT2D eigenvalue weighted by Crippen LogP contribution is -2.48. The summed E-state index contributed by atoms with van der Waals surface area (Å²) in [5, 5.41) is 6.40. The van der Waals surface area contributed by atoms with Crippen molar-refractivity contribution >= 4 is 24.2 Å². The summed E-state index contributed by atoms with van der Waals surface area (Å²) in [5.41, 5.74) is 1.03. The van der Waals surface area contributed by atoms with Crippen molar-refractivity contribution in [3.8, 4) is 0 Å². The standard InChI is InChI=1S/C17H23N3O2.ClH/c1-20-15(21)8-7-14(16(20)12-5-3-2-4-6-12)17(22)19-13-9-10-18-11-13;/h2-6,13-14,16,18H,7-11H2,1H3,(H,19,22);1H. The molecule has 0 spiro atoms. The van der Waals surface area contributed by atoms with Crippen LogP contribution in [0.3, 0.4) is 0 Å². The van der Waals surface area contributed by atoms with Crippen LogP contribution in [0.5, 0.6) is 0 Å². The number of hydrogen-bond acceptors (Lipinski definition) is 3. The Morgan fingerprint density at radius 1 is 1.26 bits per heavy atom. The minimum absolute atomic E-state index is 0. The molecule has 126 valence electrons. The lowest BCUT2D eigenvalue weighted by Gasteiger charge is -2.39. The number of rotatable bonds is 3. The molecule has 2 amide bonds. The van der Waals surface area contributed by atoms with Crippen LogP contribution in [0.25, 0.3) is 0 Å². The van der Waals surface area contributed by atoms with Gasteiger partial charge in [-0.2, -0.15) is 0 Å². The summed E-state index contributed by atoms with van der Waals surface area (Å²) in [6.07, 6.45) is 2.04. The van der Waals surface area contributed by atoms with Crippen LogP contribution in [0.4, 0.5) is 0 Å². The highest BCUT2D eigenvalue weighted by molar-refractivity contribution is 5.85. The van der Waals surface area contributed by atoms with Gasteiger partial charge in [-0.05, 0) is 24.9 Å². The van der Waals surface area contributed by atoms with Crippen molar-refractivity contribution in [2.24, 2.45) is 5.92 Å². The largest absolute Gasteiger partial charge is 0.352 e. The summed E-state index contributed by atoms with van der Waals surface area (Å²) >= 11 is 0. The maximum atomic E-state index is 12.7. The molecule has 23 heavy (non-hydrogen) atoms. The lowest BCUT2D eigenvalue weighted by molar-refractivity contribution is -0.141. The van der Waals surface area contributed by atoms with Crippen molar-refractivity contribution in [2.45, 2.75) is 31.3 Å². The van der Waals surface area contributed by atoms with Gasteiger partial charge in [-0.3, -0.25) is 9.59 Å². The van der Waals surface area contributed by atoms with Gasteiger partial charge in [0.1, 0.15) is 0 Å². The summed E-state index contributed by atoms with van der Waals surface area (Å²) in [5.74, 6) is 0.00744. The highest BCUT2D eigenvalue weighted by Crippen LogP contribution is 2.35. The van der Waals surface area contributed by atoms with Crippen molar-refractivity contribution < 1.29 is 9.59 Å². The van der Waals surface area contributed by atoms with Gasteiger partial charge in [-0.25, -0.2) is 0 Å². The summed E-state index contributed by atoms with van der Waals surface area (Å²) in [6, 6.07) is 9.90. The van der Waals surface area contributed by atoms with Gasteiger partial charge < -0.3 is 15.5 Å². The van der Waals surface area contributed by atoms with Crippen LogP contribution in [0, 0.1) is 5.92 Å². The molecule has 1 aromatic carbocycles. The number of piperidine rings is 1. The van der Waals surface area contributed by atoms with E-state index in [0.29, 0.717) is 12.8 Å². The molecule has 3 rings (SSSR count). The van der Waals surface area contributed by atoms with Crippen LogP contribution < -0.4 is 10.6 Å². The van der Waals surface area contributed by atoms with Gasteiger partial charge in [0, 0.05) is 26.1 Å². The Labute approximate surface area is 143 Å². The van der Waals surface area contributed by atoms with Crippen LogP contribution in [0.2, 0.25) is 0 Å². The molecule has 3 atom stereocenters. The molecule has 6 heteroatoms. The summed E-state index contributed by atoms with van der Waals surface area (Å²) in [4.78, 5) is 26.5. The van der Waals surface area contributed by atoms with Gasteiger partial charge in [0.25, 0.3) is 0 Å². The Morgan fingerprint density at radius 3 is 2.65 bits per heavy atom. The highest BCUT2D eigenvalue weighted by Gasteiger charge is 2.39. The van der Waals surface area contributed by atoms with E-state index >= 15 is 0 Å². The van der Waals surface area contributed by atoms with Crippen LogP contribution in [-0.2, 0) is 9.59 Å². The second-order valence-electron chi connectivity index (χ2n) is 6.20. The van der Waals surface area contributed by atoms with Crippen LogP contribution in [0.1, 0.15) is 30.9 Å². The molecule has 2 aliphatic heterocycles. The molecule has 0 saturated carbocycles. The fraction of sp³-hybridized carbons (Fsp3) is 0.529. The Bertz CT molecular complexity index is 546.